The molecule has 0 aliphatic carbocycles. The summed E-state index contributed by atoms with van der Waals surface area (Å²) in [5, 5.41) is 0. The summed E-state index contributed by atoms with van der Waals surface area (Å²) in [6.45, 7) is 2.96. The number of rotatable bonds is 3. The fraction of sp³-hybridized carbons (Fsp3) is 0.200. The van der Waals surface area contributed by atoms with Crippen molar-refractivity contribution in [3.63, 3.8) is 0 Å². The van der Waals surface area contributed by atoms with Crippen LogP contribution in [0.4, 0.5) is 11.4 Å². The zero-order chi connectivity index (χ0) is 12.3. The van der Waals surface area contributed by atoms with E-state index in [0.29, 0.717) is 0 Å². The summed E-state index contributed by atoms with van der Waals surface area (Å²) < 4.78 is 0. The number of hydrogen-bond donors (Lipinski definition) is 1. The number of aryl methyl sites for hydroxylation is 1. The molecule has 2 aromatic rings. The van der Waals surface area contributed by atoms with Crippen LogP contribution >= 0.6 is 0 Å². The van der Waals surface area contributed by atoms with Crippen molar-refractivity contribution in [3.05, 3.63) is 59.7 Å². The molecule has 0 unspecified atom stereocenters. The molecule has 88 valence electrons. The van der Waals surface area contributed by atoms with Gasteiger partial charge in [0.2, 0.25) is 0 Å². The predicted octanol–water partition coefficient (Wildman–Crippen LogP) is 3.21. The molecule has 0 radical (unpaired) electrons. The smallest absolute Gasteiger partial charge is 0.0446 e. The molecule has 2 nitrogen and oxygen atoms in total. The minimum Gasteiger partial charge on any atom is -0.398 e. The lowest BCUT2D eigenvalue weighted by atomic mass is 10.1. The molecule has 2 N–H and O–H groups in total. The second kappa shape index (κ2) is 4.91. The van der Waals surface area contributed by atoms with Gasteiger partial charge in [0.05, 0.1) is 0 Å². The zero-order valence-corrected chi connectivity index (χ0v) is 10.4. The van der Waals surface area contributed by atoms with Gasteiger partial charge in [0.1, 0.15) is 0 Å². The summed E-state index contributed by atoms with van der Waals surface area (Å²) in [5.41, 5.74) is 10.5. The monoisotopic (exact) mass is 226 g/mol. The molecule has 2 heteroatoms. The predicted molar refractivity (Wildman–Crippen MR) is 74.1 cm³/mol. The quantitative estimate of drug-likeness (QED) is 0.814. The van der Waals surface area contributed by atoms with Gasteiger partial charge in [-0.25, -0.2) is 0 Å². The van der Waals surface area contributed by atoms with Crippen LogP contribution in [0.2, 0.25) is 0 Å². The molecule has 0 bridgehead atoms. The molecule has 0 aromatic heterocycles. The molecule has 0 saturated heterocycles. The molecular weight excluding hydrogens is 208 g/mol. The fourth-order valence-electron chi connectivity index (χ4n) is 2.01. The first-order valence-electron chi connectivity index (χ1n) is 5.78. The number of benzene rings is 2. The highest BCUT2D eigenvalue weighted by Crippen LogP contribution is 2.21. The molecule has 2 rings (SSSR count). The van der Waals surface area contributed by atoms with Crippen molar-refractivity contribution in [1.82, 2.24) is 0 Å². The van der Waals surface area contributed by atoms with Crippen LogP contribution in [-0.2, 0) is 6.54 Å². The van der Waals surface area contributed by atoms with Gasteiger partial charge in [-0.1, -0.05) is 36.4 Å². The molecule has 0 spiro atoms. The fourth-order valence-corrected chi connectivity index (χ4v) is 2.01. The normalized spacial score (nSPS) is 10.2. The van der Waals surface area contributed by atoms with Gasteiger partial charge in [-0.15, -0.1) is 0 Å². The first-order chi connectivity index (χ1) is 8.18. The molecule has 0 aliphatic rings. The highest BCUT2D eigenvalue weighted by molar-refractivity contribution is 5.55. The standard InChI is InChI=1S/C15H18N2/c1-12-7-3-6-10-15(12)17(2)11-13-8-4-5-9-14(13)16/h3-10H,11,16H2,1-2H3. The van der Waals surface area contributed by atoms with E-state index in [4.69, 9.17) is 5.73 Å². The van der Waals surface area contributed by atoms with Crippen LogP contribution in [0.5, 0.6) is 0 Å². The maximum atomic E-state index is 5.96. The Kier molecular flexibility index (Phi) is 3.33. The lowest BCUT2D eigenvalue weighted by molar-refractivity contribution is 0.920. The molecule has 0 aliphatic heterocycles. The maximum Gasteiger partial charge on any atom is 0.0446 e. The summed E-state index contributed by atoms with van der Waals surface area (Å²) in [7, 11) is 2.09. The molecule has 0 fully saturated rings. The van der Waals surface area contributed by atoms with E-state index in [2.05, 4.69) is 49.2 Å². The van der Waals surface area contributed by atoms with E-state index in [9.17, 15) is 0 Å². The van der Waals surface area contributed by atoms with E-state index >= 15 is 0 Å². The third kappa shape index (κ3) is 2.59. The molecule has 0 amide bonds. The molecule has 0 atom stereocenters. The minimum absolute atomic E-state index is 0.831. The highest BCUT2D eigenvalue weighted by Gasteiger charge is 2.06. The van der Waals surface area contributed by atoms with E-state index in [1.165, 1.54) is 16.8 Å². The molecule has 0 saturated carbocycles. The number of nitrogens with zero attached hydrogens (tertiary/aromatic N) is 1. The van der Waals surface area contributed by atoms with Gasteiger partial charge in [-0.2, -0.15) is 0 Å². The summed E-state index contributed by atoms with van der Waals surface area (Å²) in [4.78, 5) is 2.22. The van der Waals surface area contributed by atoms with Crippen molar-refractivity contribution in [2.75, 3.05) is 17.7 Å². The average molecular weight is 226 g/mol. The van der Waals surface area contributed by atoms with E-state index in [1.54, 1.807) is 0 Å². The number of nitrogen functional groups attached to an aromatic ring is 1. The topological polar surface area (TPSA) is 29.3 Å². The van der Waals surface area contributed by atoms with Gasteiger partial charge in [-0.05, 0) is 30.2 Å². The number of para-hydroxylation sites is 2. The Hall–Kier alpha value is -1.96. The summed E-state index contributed by atoms with van der Waals surface area (Å²) >= 11 is 0. The number of hydrogen-bond acceptors (Lipinski definition) is 2. The summed E-state index contributed by atoms with van der Waals surface area (Å²) in [6.07, 6.45) is 0. The number of nitrogens with two attached hydrogens (primary N) is 1. The second-order valence-electron chi connectivity index (χ2n) is 4.34. The van der Waals surface area contributed by atoms with E-state index in [0.717, 1.165) is 12.2 Å². The van der Waals surface area contributed by atoms with Crippen LogP contribution in [0, 0.1) is 6.92 Å². The van der Waals surface area contributed by atoms with Crippen molar-refractivity contribution in [1.29, 1.82) is 0 Å². The van der Waals surface area contributed by atoms with Crippen molar-refractivity contribution >= 4 is 11.4 Å². The molecule has 2 aromatic carbocycles. The Morgan fingerprint density at radius 2 is 1.65 bits per heavy atom. The van der Waals surface area contributed by atoms with Crippen molar-refractivity contribution in [2.24, 2.45) is 0 Å². The van der Waals surface area contributed by atoms with Crippen LogP contribution in [0.15, 0.2) is 48.5 Å². The Morgan fingerprint density at radius 3 is 2.35 bits per heavy atom. The van der Waals surface area contributed by atoms with E-state index < -0.39 is 0 Å². The second-order valence-corrected chi connectivity index (χ2v) is 4.34. The van der Waals surface area contributed by atoms with Gasteiger partial charge in [0.15, 0.2) is 0 Å². The van der Waals surface area contributed by atoms with Gasteiger partial charge < -0.3 is 10.6 Å². The summed E-state index contributed by atoms with van der Waals surface area (Å²) in [5.74, 6) is 0. The maximum absolute atomic E-state index is 5.96. The van der Waals surface area contributed by atoms with Crippen LogP contribution in [-0.4, -0.2) is 7.05 Å². The van der Waals surface area contributed by atoms with Gasteiger partial charge in [-0.3, -0.25) is 0 Å². The van der Waals surface area contributed by atoms with Crippen LogP contribution in [0.3, 0.4) is 0 Å². The van der Waals surface area contributed by atoms with E-state index in [-0.39, 0.29) is 0 Å². The van der Waals surface area contributed by atoms with Gasteiger partial charge in [0, 0.05) is 25.0 Å². The Labute approximate surface area is 103 Å². The Morgan fingerprint density at radius 1 is 1.00 bits per heavy atom. The Bertz CT molecular complexity index is 506. The van der Waals surface area contributed by atoms with E-state index in [1.807, 2.05) is 18.2 Å². The van der Waals surface area contributed by atoms with Gasteiger partial charge >= 0.3 is 0 Å². The highest BCUT2D eigenvalue weighted by atomic mass is 15.1. The third-order valence-corrected chi connectivity index (χ3v) is 2.99. The SMILES string of the molecule is Cc1ccccc1N(C)Cc1ccccc1N. The first-order valence-corrected chi connectivity index (χ1v) is 5.78. The lowest BCUT2D eigenvalue weighted by Crippen LogP contribution is -2.18. The third-order valence-electron chi connectivity index (χ3n) is 2.99. The van der Waals surface area contributed by atoms with Crippen molar-refractivity contribution in [2.45, 2.75) is 13.5 Å². The number of anilines is 2. The zero-order valence-electron chi connectivity index (χ0n) is 10.4. The van der Waals surface area contributed by atoms with Crippen LogP contribution in [0.25, 0.3) is 0 Å². The molecular formula is C15H18N2. The van der Waals surface area contributed by atoms with Gasteiger partial charge in [0.25, 0.3) is 0 Å². The largest absolute Gasteiger partial charge is 0.398 e. The Balaban J connectivity index is 2.20. The lowest BCUT2D eigenvalue weighted by Gasteiger charge is -2.22. The molecule has 17 heavy (non-hydrogen) atoms. The minimum atomic E-state index is 0.831. The van der Waals surface area contributed by atoms with Crippen molar-refractivity contribution < 1.29 is 0 Å². The van der Waals surface area contributed by atoms with Crippen LogP contribution < -0.4 is 10.6 Å². The molecule has 0 heterocycles. The van der Waals surface area contributed by atoms with Crippen LogP contribution in [0.1, 0.15) is 11.1 Å². The van der Waals surface area contributed by atoms with Crippen molar-refractivity contribution in [3.8, 4) is 0 Å². The first kappa shape index (κ1) is 11.5. The summed E-state index contributed by atoms with van der Waals surface area (Å²) in [6, 6.07) is 16.4. The average Bonchev–Trinajstić information content (AvgIpc) is 2.32.